The van der Waals surface area contributed by atoms with Crippen molar-refractivity contribution in [2.45, 2.75) is 39.0 Å². The van der Waals surface area contributed by atoms with E-state index in [0.717, 1.165) is 24.2 Å². The van der Waals surface area contributed by atoms with Crippen LogP contribution in [0.1, 0.15) is 39.0 Å². The minimum absolute atomic E-state index is 0.638. The molecule has 0 radical (unpaired) electrons. The number of nitrogens with two attached hydrogens (primary N) is 1. The third-order valence-electron chi connectivity index (χ3n) is 3.72. The van der Waals surface area contributed by atoms with Gasteiger partial charge in [-0.3, -0.25) is 0 Å². The third kappa shape index (κ3) is 3.84. The van der Waals surface area contributed by atoms with Crippen LogP contribution in [0.25, 0.3) is 0 Å². The van der Waals surface area contributed by atoms with Crippen LogP contribution in [0.15, 0.2) is 12.4 Å². The number of hydrogen-bond donors (Lipinski definition) is 3. The molecule has 0 aromatic carbocycles. The molecule has 2 rings (SSSR count). The van der Waals surface area contributed by atoms with Crippen LogP contribution in [-0.4, -0.2) is 16.5 Å². The lowest BCUT2D eigenvalue weighted by atomic mass is 9.81. The van der Waals surface area contributed by atoms with E-state index < -0.39 is 0 Å². The first kappa shape index (κ1) is 13.1. The van der Waals surface area contributed by atoms with E-state index in [0.29, 0.717) is 5.82 Å². The average Bonchev–Trinajstić information content (AvgIpc) is 2.39. The average molecular weight is 249 g/mol. The minimum atomic E-state index is 0.638. The van der Waals surface area contributed by atoms with E-state index in [-0.39, 0.29) is 0 Å². The van der Waals surface area contributed by atoms with Crippen molar-refractivity contribution in [3.8, 4) is 0 Å². The Morgan fingerprint density at radius 2 is 2.17 bits per heavy atom. The van der Waals surface area contributed by atoms with Gasteiger partial charge in [-0.15, -0.1) is 0 Å². The van der Waals surface area contributed by atoms with Gasteiger partial charge >= 0.3 is 0 Å². The lowest BCUT2D eigenvalue weighted by Gasteiger charge is -2.26. The normalized spacial score (nSPS) is 23.7. The molecule has 1 aliphatic carbocycles. The first-order valence-corrected chi connectivity index (χ1v) is 6.80. The lowest BCUT2D eigenvalue weighted by molar-refractivity contribution is 0.274. The van der Waals surface area contributed by atoms with Crippen molar-refractivity contribution in [1.82, 2.24) is 9.97 Å². The predicted octanol–water partition coefficient (Wildman–Crippen LogP) is 2.39. The number of aromatic nitrogens is 2. The quantitative estimate of drug-likeness (QED) is 0.552. The third-order valence-corrected chi connectivity index (χ3v) is 3.72. The van der Waals surface area contributed by atoms with E-state index in [9.17, 15) is 0 Å². The van der Waals surface area contributed by atoms with Gasteiger partial charge < -0.3 is 10.7 Å². The first-order chi connectivity index (χ1) is 8.78. The zero-order valence-electron chi connectivity index (χ0n) is 11.0. The fraction of sp³-hybridized carbons (Fsp3) is 0.692. The van der Waals surface area contributed by atoms with Crippen molar-refractivity contribution >= 4 is 11.6 Å². The van der Waals surface area contributed by atoms with Crippen LogP contribution in [0.3, 0.4) is 0 Å². The van der Waals surface area contributed by atoms with E-state index in [4.69, 9.17) is 5.84 Å². The van der Waals surface area contributed by atoms with E-state index in [1.165, 1.54) is 38.4 Å². The summed E-state index contributed by atoms with van der Waals surface area (Å²) in [6.45, 7) is 3.33. The highest BCUT2D eigenvalue weighted by Gasteiger charge is 2.18. The molecular weight excluding hydrogens is 226 g/mol. The molecule has 5 heteroatoms. The van der Waals surface area contributed by atoms with Crippen molar-refractivity contribution in [3.05, 3.63) is 12.4 Å². The Kier molecular flexibility index (Phi) is 4.75. The van der Waals surface area contributed by atoms with Gasteiger partial charge in [0.15, 0.2) is 0 Å². The standard InChI is InChI=1S/C13H23N5/c1-10-3-2-4-11(7-10)5-6-15-12-8-13(18-14)17-9-16-12/h8-11H,2-7,14H2,1H3,(H2,15,16,17,18). The maximum Gasteiger partial charge on any atom is 0.145 e. The molecule has 5 nitrogen and oxygen atoms in total. The van der Waals surface area contributed by atoms with E-state index >= 15 is 0 Å². The van der Waals surface area contributed by atoms with E-state index in [1.54, 1.807) is 0 Å². The zero-order valence-corrected chi connectivity index (χ0v) is 11.0. The van der Waals surface area contributed by atoms with Crippen molar-refractivity contribution in [2.24, 2.45) is 17.7 Å². The maximum absolute atomic E-state index is 5.31. The van der Waals surface area contributed by atoms with Gasteiger partial charge in [0.2, 0.25) is 0 Å². The van der Waals surface area contributed by atoms with Gasteiger partial charge in [-0.05, 0) is 24.7 Å². The molecule has 0 amide bonds. The molecule has 0 spiro atoms. The Morgan fingerprint density at radius 3 is 2.94 bits per heavy atom. The van der Waals surface area contributed by atoms with Crippen LogP contribution < -0.4 is 16.6 Å². The maximum atomic E-state index is 5.31. The number of anilines is 2. The fourth-order valence-electron chi connectivity index (χ4n) is 2.76. The highest BCUT2D eigenvalue weighted by molar-refractivity contribution is 5.45. The summed E-state index contributed by atoms with van der Waals surface area (Å²) in [5.74, 6) is 8.55. The largest absolute Gasteiger partial charge is 0.370 e. The van der Waals surface area contributed by atoms with Gasteiger partial charge in [-0.1, -0.05) is 26.2 Å². The summed E-state index contributed by atoms with van der Waals surface area (Å²) >= 11 is 0. The summed E-state index contributed by atoms with van der Waals surface area (Å²) in [5, 5.41) is 3.33. The van der Waals surface area contributed by atoms with Crippen LogP contribution in [0, 0.1) is 11.8 Å². The Morgan fingerprint density at radius 1 is 1.33 bits per heavy atom. The van der Waals surface area contributed by atoms with E-state index in [1.807, 2.05) is 6.07 Å². The second-order valence-electron chi connectivity index (χ2n) is 5.29. The number of nitrogens with zero attached hydrogens (tertiary/aromatic N) is 2. The van der Waals surface area contributed by atoms with Gasteiger partial charge in [0.25, 0.3) is 0 Å². The molecule has 0 saturated heterocycles. The molecule has 1 aliphatic rings. The second kappa shape index (κ2) is 6.54. The van der Waals surface area contributed by atoms with Crippen LogP contribution in [-0.2, 0) is 0 Å². The van der Waals surface area contributed by atoms with Crippen LogP contribution in [0.5, 0.6) is 0 Å². The zero-order chi connectivity index (χ0) is 12.8. The smallest absolute Gasteiger partial charge is 0.145 e. The monoisotopic (exact) mass is 249 g/mol. The topological polar surface area (TPSA) is 75.9 Å². The predicted molar refractivity (Wildman–Crippen MR) is 74.1 cm³/mol. The molecule has 18 heavy (non-hydrogen) atoms. The molecule has 0 aliphatic heterocycles. The summed E-state index contributed by atoms with van der Waals surface area (Å²) in [7, 11) is 0. The van der Waals surface area contributed by atoms with Gasteiger partial charge in [0.05, 0.1) is 0 Å². The van der Waals surface area contributed by atoms with Crippen molar-refractivity contribution < 1.29 is 0 Å². The van der Waals surface area contributed by atoms with Crippen LogP contribution >= 0.6 is 0 Å². The van der Waals surface area contributed by atoms with E-state index in [2.05, 4.69) is 27.6 Å². The summed E-state index contributed by atoms with van der Waals surface area (Å²) in [5.41, 5.74) is 2.52. The highest BCUT2D eigenvalue weighted by Crippen LogP contribution is 2.30. The van der Waals surface area contributed by atoms with Crippen molar-refractivity contribution in [2.75, 3.05) is 17.3 Å². The Hall–Kier alpha value is -1.36. The van der Waals surface area contributed by atoms with Gasteiger partial charge in [0.1, 0.15) is 18.0 Å². The number of rotatable bonds is 5. The Labute approximate surface area is 109 Å². The summed E-state index contributed by atoms with van der Waals surface area (Å²) in [6.07, 6.45) is 8.29. The van der Waals surface area contributed by atoms with Crippen LogP contribution in [0.4, 0.5) is 11.6 Å². The minimum Gasteiger partial charge on any atom is -0.370 e. The molecule has 1 aromatic rings. The molecule has 1 fully saturated rings. The summed E-state index contributed by atoms with van der Waals surface area (Å²) in [4.78, 5) is 8.15. The molecule has 0 bridgehead atoms. The summed E-state index contributed by atoms with van der Waals surface area (Å²) < 4.78 is 0. The molecule has 1 aromatic heterocycles. The second-order valence-corrected chi connectivity index (χ2v) is 5.29. The Balaban J connectivity index is 1.74. The fourth-order valence-corrected chi connectivity index (χ4v) is 2.76. The van der Waals surface area contributed by atoms with Gasteiger partial charge in [-0.25, -0.2) is 15.8 Å². The first-order valence-electron chi connectivity index (χ1n) is 6.80. The number of nitrogens with one attached hydrogen (secondary N) is 2. The lowest BCUT2D eigenvalue weighted by Crippen LogP contribution is -2.17. The Bertz CT molecular complexity index is 368. The van der Waals surface area contributed by atoms with Gasteiger partial charge in [-0.2, -0.15) is 0 Å². The number of hydrazine groups is 1. The van der Waals surface area contributed by atoms with Crippen molar-refractivity contribution in [3.63, 3.8) is 0 Å². The number of nitrogen functional groups attached to an aromatic ring is 1. The highest BCUT2D eigenvalue weighted by atomic mass is 15.3. The molecule has 1 heterocycles. The molecule has 2 atom stereocenters. The van der Waals surface area contributed by atoms with Crippen LogP contribution in [0.2, 0.25) is 0 Å². The molecule has 100 valence electrons. The van der Waals surface area contributed by atoms with Crippen molar-refractivity contribution in [1.29, 1.82) is 0 Å². The molecule has 2 unspecified atom stereocenters. The SMILES string of the molecule is CC1CCCC(CCNc2cc(NN)ncn2)C1. The molecule has 1 saturated carbocycles. The molecule has 4 N–H and O–H groups in total. The number of hydrogen-bond acceptors (Lipinski definition) is 5. The summed E-state index contributed by atoms with van der Waals surface area (Å²) in [6, 6.07) is 1.82. The molecular formula is C13H23N5. The van der Waals surface area contributed by atoms with Gasteiger partial charge in [0, 0.05) is 12.6 Å².